The second-order valence-electron chi connectivity index (χ2n) is 9.26. The highest BCUT2D eigenvalue weighted by Gasteiger charge is 2.46. The maximum atomic E-state index is 15.3. The van der Waals surface area contributed by atoms with Crippen LogP contribution in [0.25, 0.3) is 0 Å². The lowest BCUT2D eigenvalue weighted by atomic mass is 9.77. The summed E-state index contributed by atoms with van der Waals surface area (Å²) in [6, 6.07) is 0.204. The Morgan fingerprint density at radius 2 is 1.68 bits per heavy atom. The molecule has 0 bridgehead atoms. The third-order valence-corrected chi connectivity index (χ3v) is 7.58. The van der Waals surface area contributed by atoms with Crippen LogP contribution in [0.15, 0.2) is 0 Å². The zero-order valence-electron chi connectivity index (χ0n) is 16.5. The number of likely N-dealkylation sites (tertiary alicyclic amines) is 1. The van der Waals surface area contributed by atoms with E-state index in [0.717, 1.165) is 25.9 Å². The third-order valence-electron chi connectivity index (χ3n) is 7.58. The number of alkyl halides is 4. The van der Waals surface area contributed by atoms with Gasteiger partial charge in [0.15, 0.2) is 6.17 Å². The molecule has 0 spiro atoms. The van der Waals surface area contributed by atoms with Crippen molar-refractivity contribution in [3.63, 3.8) is 0 Å². The van der Waals surface area contributed by atoms with Crippen molar-refractivity contribution in [3.05, 3.63) is 0 Å². The predicted molar refractivity (Wildman–Crippen MR) is 100 cm³/mol. The molecule has 0 aromatic carbocycles. The van der Waals surface area contributed by atoms with Crippen molar-refractivity contribution in [1.29, 1.82) is 0 Å². The third kappa shape index (κ3) is 4.50. The fourth-order valence-electron chi connectivity index (χ4n) is 5.65. The van der Waals surface area contributed by atoms with Gasteiger partial charge in [-0.05, 0) is 69.7 Å². The van der Waals surface area contributed by atoms with Gasteiger partial charge in [-0.1, -0.05) is 6.42 Å². The molecular weight excluding hydrogens is 372 g/mol. The minimum absolute atomic E-state index is 0.204. The molecule has 4 rings (SSSR count). The smallest absolute Gasteiger partial charge is 0.299 e. The van der Waals surface area contributed by atoms with Crippen LogP contribution in [0.1, 0.15) is 57.8 Å². The van der Waals surface area contributed by atoms with E-state index in [4.69, 9.17) is 0 Å². The van der Waals surface area contributed by atoms with Crippen molar-refractivity contribution in [2.24, 2.45) is 17.8 Å². The molecule has 2 saturated heterocycles. The van der Waals surface area contributed by atoms with Crippen LogP contribution in [0.5, 0.6) is 0 Å². The monoisotopic (exact) mass is 406 g/mol. The van der Waals surface area contributed by atoms with Crippen LogP contribution in [0.4, 0.5) is 17.6 Å². The number of halogens is 4. The maximum Gasteiger partial charge on any atom is 0.391 e. The summed E-state index contributed by atoms with van der Waals surface area (Å²) in [6.07, 6.45) is 1.53. The van der Waals surface area contributed by atoms with E-state index in [1.54, 1.807) is 0 Å². The number of hydrogen-bond donors (Lipinski definition) is 3. The van der Waals surface area contributed by atoms with Gasteiger partial charge in [0.25, 0.3) is 0 Å². The highest BCUT2D eigenvalue weighted by Crippen LogP contribution is 2.43. The van der Waals surface area contributed by atoms with Crippen molar-refractivity contribution >= 4 is 0 Å². The first-order chi connectivity index (χ1) is 13.4. The molecule has 2 aliphatic carbocycles. The van der Waals surface area contributed by atoms with E-state index < -0.39 is 18.3 Å². The second-order valence-corrected chi connectivity index (χ2v) is 9.26. The van der Waals surface area contributed by atoms with Crippen LogP contribution in [0, 0.1) is 17.8 Å². The fourth-order valence-corrected chi connectivity index (χ4v) is 5.65. The van der Waals surface area contributed by atoms with E-state index in [9.17, 15) is 13.2 Å². The minimum atomic E-state index is -4.07. The van der Waals surface area contributed by atoms with Crippen LogP contribution < -0.4 is 16.0 Å². The molecule has 2 heterocycles. The molecule has 0 amide bonds. The zero-order chi connectivity index (χ0) is 19.7. The molecule has 4 unspecified atom stereocenters. The quantitative estimate of drug-likeness (QED) is 0.613. The molecule has 162 valence electrons. The molecular formula is C20H34F4N4. The number of nitrogens with one attached hydrogen (secondary N) is 3. The van der Waals surface area contributed by atoms with Gasteiger partial charge in [0.05, 0.1) is 18.2 Å². The lowest BCUT2D eigenvalue weighted by molar-refractivity contribution is -0.185. The largest absolute Gasteiger partial charge is 0.391 e. The van der Waals surface area contributed by atoms with Gasteiger partial charge in [-0.2, -0.15) is 13.2 Å². The summed E-state index contributed by atoms with van der Waals surface area (Å²) in [6.45, 7) is 2.24. The molecule has 0 radical (unpaired) electrons. The molecule has 4 fully saturated rings. The molecule has 4 nitrogen and oxygen atoms in total. The first kappa shape index (κ1) is 20.8. The average molecular weight is 407 g/mol. The average Bonchev–Trinajstić information content (AvgIpc) is 3.10. The molecule has 4 atom stereocenters. The van der Waals surface area contributed by atoms with E-state index in [1.807, 2.05) is 0 Å². The Bertz CT molecular complexity index is 505. The van der Waals surface area contributed by atoms with Crippen molar-refractivity contribution in [2.75, 3.05) is 19.8 Å². The van der Waals surface area contributed by atoms with Gasteiger partial charge in [-0.15, -0.1) is 0 Å². The van der Waals surface area contributed by atoms with Gasteiger partial charge < -0.3 is 0 Å². The molecule has 3 N–H and O–H groups in total. The fraction of sp³-hybridized carbons (Fsp3) is 1.00. The van der Waals surface area contributed by atoms with Gasteiger partial charge >= 0.3 is 6.18 Å². The minimum Gasteiger partial charge on any atom is -0.299 e. The molecule has 28 heavy (non-hydrogen) atoms. The van der Waals surface area contributed by atoms with Gasteiger partial charge in [0.2, 0.25) is 0 Å². The van der Waals surface area contributed by atoms with Crippen LogP contribution in [0.2, 0.25) is 0 Å². The topological polar surface area (TPSA) is 39.3 Å². The van der Waals surface area contributed by atoms with Gasteiger partial charge in [-0.25, -0.2) is 4.39 Å². The van der Waals surface area contributed by atoms with Crippen molar-refractivity contribution in [3.8, 4) is 0 Å². The summed E-state index contributed by atoms with van der Waals surface area (Å²) in [5.74, 6) is -0.221. The van der Waals surface area contributed by atoms with Gasteiger partial charge in [0, 0.05) is 19.3 Å². The highest BCUT2D eigenvalue weighted by atomic mass is 19.4. The van der Waals surface area contributed by atoms with Crippen LogP contribution in [-0.2, 0) is 0 Å². The van der Waals surface area contributed by atoms with Crippen LogP contribution in [-0.4, -0.2) is 55.4 Å². The number of hydrogen-bond acceptors (Lipinski definition) is 4. The normalized spacial score (nSPS) is 41.1. The number of rotatable bonds is 5. The van der Waals surface area contributed by atoms with E-state index >= 15 is 4.39 Å². The van der Waals surface area contributed by atoms with Gasteiger partial charge in [0.1, 0.15) is 0 Å². The van der Waals surface area contributed by atoms with E-state index in [-0.39, 0.29) is 37.1 Å². The lowest BCUT2D eigenvalue weighted by Gasteiger charge is -2.45. The molecule has 4 aliphatic rings. The zero-order valence-corrected chi connectivity index (χ0v) is 16.5. The molecule has 2 aliphatic heterocycles. The summed E-state index contributed by atoms with van der Waals surface area (Å²) < 4.78 is 54.3. The summed E-state index contributed by atoms with van der Waals surface area (Å²) in [5.41, 5.74) is 0. The Kier molecular flexibility index (Phi) is 6.50. The standard InChI is InChI=1S/C20H34F4N4/c21-17-18(25-11-13-3-1-4-13)26-12-27-19(17)28-10-2-5-16(28)14-6-8-15(9-7-14)20(22,23)24/h13-19,25-27H,1-12H2. The van der Waals surface area contributed by atoms with E-state index in [2.05, 4.69) is 20.9 Å². The molecule has 2 saturated carbocycles. The first-order valence-electron chi connectivity index (χ1n) is 11.1. The second kappa shape index (κ2) is 8.74. The summed E-state index contributed by atoms with van der Waals surface area (Å²) >= 11 is 0. The Morgan fingerprint density at radius 1 is 0.929 bits per heavy atom. The van der Waals surface area contributed by atoms with Crippen LogP contribution >= 0.6 is 0 Å². The SMILES string of the molecule is FC1C(NCC2CCC2)NCNC1N1CCCC1C1CCC(C(F)(F)F)CC1. The Hall–Kier alpha value is -0.440. The predicted octanol–water partition coefficient (Wildman–Crippen LogP) is 3.35. The lowest BCUT2D eigenvalue weighted by Crippen LogP contribution is -2.69. The maximum absolute atomic E-state index is 15.3. The van der Waals surface area contributed by atoms with Gasteiger partial charge in [-0.3, -0.25) is 20.9 Å². The number of nitrogens with zero attached hydrogens (tertiary/aromatic N) is 1. The molecule has 8 heteroatoms. The Balaban J connectivity index is 1.33. The molecule has 0 aromatic rings. The first-order valence-corrected chi connectivity index (χ1v) is 11.1. The summed E-state index contributed by atoms with van der Waals surface area (Å²) in [7, 11) is 0. The van der Waals surface area contributed by atoms with Crippen molar-refractivity contribution in [2.45, 2.75) is 88.5 Å². The van der Waals surface area contributed by atoms with Crippen molar-refractivity contribution < 1.29 is 17.6 Å². The summed E-state index contributed by atoms with van der Waals surface area (Å²) in [4.78, 5) is 2.22. The van der Waals surface area contributed by atoms with Crippen molar-refractivity contribution in [1.82, 2.24) is 20.9 Å². The highest BCUT2D eigenvalue weighted by molar-refractivity contribution is 4.97. The van der Waals surface area contributed by atoms with Crippen LogP contribution in [0.3, 0.4) is 0 Å². The van der Waals surface area contributed by atoms with E-state index in [1.165, 1.54) is 19.3 Å². The Labute approximate surface area is 165 Å². The van der Waals surface area contributed by atoms with E-state index in [0.29, 0.717) is 25.4 Å². The summed E-state index contributed by atoms with van der Waals surface area (Å²) in [5, 5.41) is 9.84. The molecule has 0 aromatic heterocycles. The Morgan fingerprint density at radius 3 is 2.32 bits per heavy atom.